The van der Waals surface area contributed by atoms with Gasteiger partial charge in [0.05, 0.1) is 11.1 Å². The van der Waals surface area contributed by atoms with Crippen molar-refractivity contribution in [3.05, 3.63) is 63.9 Å². The maximum Gasteiger partial charge on any atom is 0.133 e. The molecule has 3 heteroatoms. The molecule has 2 aromatic rings. The third-order valence-corrected chi connectivity index (χ3v) is 4.45. The molecular weight excluding hydrogens is 319 g/mol. The Morgan fingerprint density at radius 1 is 1.20 bits per heavy atom. The molecule has 3 rings (SSSR count). The lowest BCUT2D eigenvalue weighted by atomic mass is 9.83. The Kier molecular flexibility index (Phi) is 4.06. The van der Waals surface area contributed by atoms with Gasteiger partial charge in [-0.2, -0.15) is 0 Å². The van der Waals surface area contributed by atoms with Gasteiger partial charge >= 0.3 is 0 Å². The van der Waals surface area contributed by atoms with E-state index in [0.717, 1.165) is 12.8 Å². The van der Waals surface area contributed by atoms with Gasteiger partial charge in [-0.25, -0.2) is 4.39 Å². The number of hydrogen-bond acceptors (Lipinski definition) is 1. The third-order valence-electron chi connectivity index (χ3n) is 3.83. The number of benzene rings is 2. The fourth-order valence-electron chi connectivity index (χ4n) is 2.81. The fraction of sp³-hybridized carbons (Fsp3) is 0.294. The van der Waals surface area contributed by atoms with Crippen molar-refractivity contribution >= 4 is 15.9 Å². The van der Waals surface area contributed by atoms with Gasteiger partial charge < -0.3 is 4.74 Å². The number of halogens is 2. The van der Waals surface area contributed by atoms with Crippen molar-refractivity contribution < 1.29 is 9.13 Å². The van der Waals surface area contributed by atoms with Crippen LogP contribution in [0.1, 0.15) is 29.9 Å². The van der Waals surface area contributed by atoms with Crippen LogP contribution in [0.15, 0.2) is 46.9 Å². The molecule has 0 amide bonds. The van der Waals surface area contributed by atoms with Gasteiger partial charge in [-0.05, 0) is 64.5 Å². The number of ether oxygens (including phenoxy) is 1. The number of rotatable bonds is 3. The minimum Gasteiger partial charge on any atom is -0.492 e. The molecule has 0 heterocycles. The van der Waals surface area contributed by atoms with Crippen molar-refractivity contribution in [1.29, 1.82) is 0 Å². The topological polar surface area (TPSA) is 9.23 Å². The summed E-state index contributed by atoms with van der Waals surface area (Å²) in [5.41, 5.74) is 2.84. The quantitative estimate of drug-likeness (QED) is 0.759. The van der Waals surface area contributed by atoms with Crippen molar-refractivity contribution in [3.8, 4) is 5.75 Å². The van der Waals surface area contributed by atoms with Crippen LogP contribution in [-0.4, -0.2) is 6.61 Å². The van der Waals surface area contributed by atoms with Crippen molar-refractivity contribution in [2.24, 2.45) is 0 Å². The lowest BCUT2D eigenvalue weighted by Gasteiger charge is -2.25. The van der Waals surface area contributed by atoms with E-state index in [0.29, 0.717) is 22.7 Å². The van der Waals surface area contributed by atoms with Gasteiger partial charge in [0.2, 0.25) is 0 Å². The molecule has 104 valence electrons. The monoisotopic (exact) mass is 334 g/mol. The number of fused-ring (bicyclic) bond motifs is 1. The first-order chi connectivity index (χ1) is 9.74. The van der Waals surface area contributed by atoms with Crippen LogP contribution in [0.2, 0.25) is 0 Å². The highest BCUT2D eigenvalue weighted by Crippen LogP contribution is 2.33. The van der Waals surface area contributed by atoms with Gasteiger partial charge in [-0.3, -0.25) is 0 Å². The Morgan fingerprint density at radius 2 is 2.05 bits per heavy atom. The average molecular weight is 335 g/mol. The van der Waals surface area contributed by atoms with Crippen LogP contribution in [0.3, 0.4) is 0 Å². The van der Waals surface area contributed by atoms with Gasteiger partial charge in [0.1, 0.15) is 11.6 Å². The molecule has 0 radical (unpaired) electrons. The summed E-state index contributed by atoms with van der Waals surface area (Å²) in [6, 6.07) is 13.1. The molecule has 0 saturated heterocycles. The molecule has 1 aliphatic rings. The molecule has 0 fully saturated rings. The number of hydrogen-bond donors (Lipinski definition) is 0. The molecule has 0 aromatic heterocycles. The SMILES string of the molecule is Fc1ccc(OCC2CCCc3ccccc32)c(Br)c1. The Bertz CT molecular complexity index is 612. The Hall–Kier alpha value is -1.35. The Morgan fingerprint density at radius 3 is 2.90 bits per heavy atom. The first kappa shape index (κ1) is 13.6. The summed E-state index contributed by atoms with van der Waals surface area (Å²) < 4.78 is 19.6. The van der Waals surface area contributed by atoms with Gasteiger partial charge in [-0.15, -0.1) is 0 Å². The van der Waals surface area contributed by atoms with Crippen molar-refractivity contribution in [1.82, 2.24) is 0 Å². The second-order valence-electron chi connectivity index (χ2n) is 5.17. The first-order valence-electron chi connectivity index (χ1n) is 6.89. The minimum absolute atomic E-state index is 0.257. The van der Waals surface area contributed by atoms with E-state index in [1.807, 2.05) is 0 Å². The molecule has 2 aromatic carbocycles. The van der Waals surface area contributed by atoms with E-state index in [-0.39, 0.29) is 5.82 Å². The molecule has 0 spiro atoms. The highest BCUT2D eigenvalue weighted by Gasteiger charge is 2.20. The lowest BCUT2D eigenvalue weighted by Crippen LogP contribution is -2.16. The zero-order valence-corrected chi connectivity index (χ0v) is 12.7. The molecule has 0 N–H and O–H groups in total. The minimum atomic E-state index is -0.257. The maximum atomic E-state index is 13.1. The number of aryl methyl sites for hydroxylation is 1. The molecule has 0 bridgehead atoms. The lowest BCUT2D eigenvalue weighted by molar-refractivity contribution is 0.273. The molecule has 20 heavy (non-hydrogen) atoms. The second kappa shape index (κ2) is 5.96. The van der Waals surface area contributed by atoms with Gasteiger partial charge in [-0.1, -0.05) is 24.3 Å². The zero-order chi connectivity index (χ0) is 13.9. The summed E-state index contributed by atoms with van der Waals surface area (Å²) in [5.74, 6) is 0.874. The van der Waals surface area contributed by atoms with E-state index in [4.69, 9.17) is 4.74 Å². The van der Waals surface area contributed by atoms with Crippen molar-refractivity contribution in [2.75, 3.05) is 6.61 Å². The molecule has 0 saturated carbocycles. The predicted octanol–water partition coefficient (Wildman–Crippen LogP) is 5.09. The normalized spacial score (nSPS) is 17.6. The molecule has 1 unspecified atom stereocenters. The van der Waals surface area contributed by atoms with Crippen molar-refractivity contribution in [2.45, 2.75) is 25.2 Å². The van der Waals surface area contributed by atoms with Gasteiger partial charge in [0.25, 0.3) is 0 Å². The van der Waals surface area contributed by atoms with Crippen molar-refractivity contribution in [3.63, 3.8) is 0 Å². The van der Waals surface area contributed by atoms with Crippen LogP contribution >= 0.6 is 15.9 Å². The molecule has 1 atom stereocenters. The smallest absolute Gasteiger partial charge is 0.133 e. The van der Waals surface area contributed by atoms with Crippen LogP contribution in [0.4, 0.5) is 4.39 Å². The standard InChI is InChI=1S/C17H16BrFO/c18-16-10-14(19)8-9-17(16)20-11-13-6-3-5-12-4-1-2-7-15(12)13/h1-2,4,7-10,13H,3,5-6,11H2. The predicted molar refractivity (Wildman–Crippen MR) is 81.7 cm³/mol. The Labute approximate surface area is 126 Å². The van der Waals surface area contributed by atoms with E-state index in [1.54, 1.807) is 6.07 Å². The summed E-state index contributed by atoms with van der Waals surface area (Å²) >= 11 is 3.34. The highest BCUT2D eigenvalue weighted by molar-refractivity contribution is 9.10. The molecule has 1 aliphatic carbocycles. The summed E-state index contributed by atoms with van der Waals surface area (Å²) in [6.45, 7) is 0.640. The maximum absolute atomic E-state index is 13.1. The summed E-state index contributed by atoms with van der Waals surface area (Å²) in [5, 5.41) is 0. The summed E-state index contributed by atoms with van der Waals surface area (Å²) in [7, 11) is 0. The van der Waals surface area contributed by atoms with Crippen LogP contribution in [0, 0.1) is 5.82 Å². The van der Waals surface area contributed by atoms with Crippen LogP contribution < -0.4 is 4.74 Å². The van der Waals surface area contributed by atoms with Crippen LogP contribution in [-0.2, 0) is 6.42 Å². The molecular formula is C17H16BrFO. The summed E-state index contributed by atoms with van der Waals surface area (Å²) in [6.07, 6.45) is 3.51. The van der Waals surface area contributed by atoms with Gasteiger partial charge in [0.15, 0.2) is 0 Å². The summed E-state index contributed by atoms with van der Waals surface area (Å²) in [4.78, 5) is 0. The second-order valence-corrected chi connectivity index (χ2v) is 6.03. The molecule has 1 nitrogen and oxygen atoms in total. The van der Waals surface area contributed by atoms with E-state index in [2.05, 4.69) is 40.2 Å². The van der Waals surface area contributed by atoms with Gasteiger partial charge in [0, 0.05) is 5.92 Å². The largest absolute Gasteiger partial charge is 0.492 e. The third kappa shape index (κ3) is 2.88. The van der Waals surface area contributed by atoms with Crippen LogP contribution in [0.25, 0.3) is 0 Å². The average Bonchev–Trinajstić information content (AvgIpc) is 2.46. The molecule has 0 aliphatic heterocycles. The highest BCUT2D eigenvalue weighted by atomic mass is 79.9. The Balaban J connectivity index is 1.73. The zero-order valence-electron chi connectivity index (χ0n) is 11.1. The fourth-order valence-corrected chi connectivity index (χ4v) is 3.28. The van der Waals surface area contributed by atoms with E-state index >= 15 is 0 Å². The van der Waals surface area contributed by atoms with E-state index in [9.17, 15) is 4.39 Å². The first-order valence-corrected chi connectivity index (χ1v) is 7.69. The van der Waals surface area contributed by atoms with E-state index < -0.39 is 0 Å². The van der Waals surface area contributed by atoms with Crippen LogP contribution in [0.5, 0.6) is 5.75 Å². The van der Waals surface area contributed by atoms with E-state index in [1.165, 1.54) is 29.7 Å².